The van der Waals surface area contributed by atoms with Gasteiger partial charge in [-0.2, -0.15) is 0 Å². The molecule has 132 valence electrons. The molecule has 2 N–H and O–H groups in total. The summed E-state index contributed by atoms with van der Waals surface area (Å²) in [6.45, 7) is 4.33. The summed E-state index contributed by atoms with van der Waals surface area (Å²) in [5.41, 5.74) is 3.49. The van der Waals surface area contributed by atoms with Crippen molar-refractivity contribution in [1.29, 1.82) is 0 Å². The highest BCUT2D eigenvalue weighted by atomic mass is 16.6. The Morgan fingerprint density at radius 1 is 1.20 bits per heavy atom. The number of rotatable bonds is 8. The molecule has 2 aromatic rings. The third-order valence-corrected chi connectivity index (χ3v) is 3.96. The maximum absolute atomic E-state index is 11.3. The van der Waals surface area contributed by atoms with Gasteiger partial charge in [-0.15, -0.1) is 0 Å². The first-order chi connectivity index (χ1) is 11.9. The third-order valence-electron chi connectivity index (χ3n) is 3.96. The Hall–Kier alpha value is -2.89. The fourth-order valence-electron chi connectivity index (χ4n) is 2.64. The highest BCUT2D eigenvalue weighted by Crippen LogP contribution is 2.27. The molecular formula is C19H22N2O4. The minimum atomic E-state index is -0.823. The zero-order chi connectivity index (χ0) is 18.4. The second kappa shape index (κ2) is 8.28. The van der Waals surface area contributed by atoms with Crippen molar-refractivity contribution in [2.45, 2.75) is 39.2 Å². The average molecular weight is 342 g/mol. The van der Waals surface area contributed by atoms with Gasteiger partial charge >= 0.3 is 5.97 Å². The molecule has 0 aliphatic heterocycles. The van der Waals surface area contributed by atoms with Gasteiger partial charge in [-0.05, 0) is 35.6 Å². The number of nitro groups is 1. The van der Waals surface area contributed by atoms with Crippen LogP contribution in [0, 0.1) is 10.1 Å². The molecule has 25 heavy (non-hydrogen) atoms. The van der Waals surface area contributed by atoms with E-state index < -0.39 is 5.97 Å². The normalized spacial score (nSPS) is 10.7. The highest BCUT2D eigenvalue weighted by molar-refractivity contribution is 5.67. The van der Waals surface area contributed by atoms with Crippen molar-refractivity contribution < 1.29 is 14.8 Å². The van der Waals surface area contributed by atoms with E-state index in [0.717, 1.165) is 22.4 Å². The summed E-state index contributed by atoms with van der Waals surface area (Å²) < 4.78 is 0. The van der Waals surface area contributed by atoms with Gasteiger partial charge in [0.15, 0.2) is 0 Å². The topological polar surface area (TPSA) is 92.5 Å². The van der Waals surface area contributed by atoms with Gasteiger partial charge < -0.3 is 10.4 Å². The molecular weight excluding hydrogens is 320 g/mol. The zero-order valence-corrected chi connectivity index (χ0v) is 14.4. The predicted molar refractivity (Wildman–Crippen MR) is 96.9 cm³/mol. The first-order valence-corrected chi connectivity index (χ1v) is 8.18. The number of benzene rings is 2. The molecule has 0 spiro atoms. The molecule has 0 fully saturated rings. The van der Waals surface area contributed by atoms with Crippen LogP contribution >= 0.6 is 0 Å². The number of carboxylic acids is 1. The molecule has 0 saturated carbocycles. The van der Waals surface area contributed by atoms with Crippen molar-refractivity contribution in [2.24, 2.45) is 0 Å². The number of nitrogens with one attached hydrogen (secondary N) is 1. The van der Waals surface area contributed by atoms with E-state index in [2.05, 4.69) is 5.32 Å². The fourth-order valence-corrected chi connectivity index (χ4v) is 2.64. The monoisotopic (exact) mass is 342 g/mol. The second-order valence-electron chi connectivity index (χ2n) is 6.25. The first-order valence-electron chi connectivity index (χ1n) is 8.18. The summed E-state index contributed by atoms with van der Waals surface area (Å²) in [5, 5.41) is 23.3. The quantitative estimate of drug-likeness (QED) is 0.549. The van der Waals surface area contributed by atoms with E-state index in [1.807, 2.05) is 50.2 Å². The van der Waals surface area contributed by atoms with Crippen molar-refractivity contribution in [3.63, 3.8) is 0 Å². The van der Waals surface area contributed by atoms with Crippen LogP contribution in [-0.2, 0) is 17.8 Å². The Bertz CT molecular complexity index is 772. The Labute approximate surface area is 146 Å². The van der Waals surface area contributed by atoms with Gasteiger partial charge in [0.2, 0.25) is 0 Å². The van der Waals surface area contributed by atoms with Crippen LogP contribution in [0.15, 0.2) is 42.5 Å². The molecule has 0 amide bonds. The molecule has 6 heteroatoms. The van der Waals surface area contributed by atoms with Gasteiger partial charge in [0.05, 0.1) is 4.92 Å². The molecule has 0 bridgehead atoms. The molecule has 6 nitrogen and oxygen atoms in total. The molecule has 0 aliphatic carbocycles. The molecule has 0 heterocycles. The number of aliphatic carboxylic acids is 1. The van der Waals surface area contributed by atoms with Crippen molar-refractivity contribution in [3.05, 3.63) is 69.3 Å². The fraction of sp³-hybridized carbons (Fsp3) is 0.316. The Morgan fingerprint density at radius 2 is 1.96 bits per heavy atom. The van der Waals surface area contributed by atoms with Gasteiger partial charge in [-0.1, -0.05) is 38.1 Å². The van der Waals surface area contributed by atoms with E-state index in [1.54, 1.807) is 6.07 Å². The summed E-state index contributed by atoms with van der Waals surface area (Å²) in [6.07, 6.45) is 0.561. The molecule has 0 aliphatic rings. The van der Waals surface area contributed by atoms with Crippen LogP contribution in [0.1, 0.15) is 42.9 Å². The van der Waals surface area contributed by atoms with Crippen LogP contribution in [0.2, 0.25) is 0 Å². The van der Waals surface area contributed by atoms with Gasteiger partial charge in [0.1, 0.15) is 0 Å². The molecule has 0 radical (unpaired) electrons. The number of nitro benzene ring substituents is 1. The van der Waals surface area contributed by atoms with Crippen molar-refractivity contribution >= 4 is 17.3 Å². The first kappa shape index (κ1) is 18.4. The summed E-state index contributed by atoms with van der Waals surface area (Å²) in [5.74, 6) is -0.732. The average Bonchev–Trinajstić information content (AvgIpc) is 2.58. The molecule has 2 rings (SSSR count). The minimum Gasteiger partial charge on any atom is -0.481 e. The lowest BCUT2D eigenvalue weighted by Crippen LogP contribution is -2.03. The van der Waals surface area contributed by atoms with E-state index >= 15 is 0 Å². The standard InChI is InChI=1S/C19H22N2O4/c1-13(2)17-8-6-15(11-18(17)21(24)25)12-20-16-5-3-4-14(10-16)7-9-19(22)23/h3-6,8,10-11,13,20H,7,9,12H2,1-2H3,(H,22,23). The summed E-state index contributed by atoms with van der Waals surface area (Å²) in [7, 11) is 0. The number of anilines is 1. The molecule has 0 atom stereocenters. The van der Waals surface area contributed by atoms with Crippen LogP contribution in [0.25, 0.3) is 0 Å². The van der Waals surface area contributed by atoms with Crippen LogP contribution < -0.4 is 5.32 Å². The van der Waals surface area contributed by atoms with Gasteiger partial charge in [0, 0.05) is 30.3 Å². The number of hydrogen-bond donors (Lipinski definition) is 2. The Balaban J connectivity index is 2.08. The minimum absolute atomic E-state index is 0.0896. The van der Waals surface area contributed by atoms with Gasteiger partial charge in [-0.3, -0.25) is 14.9 Å². The second-order valence-corrected chi connectivity index (χ2v) is 6.25. The van der Waals surface area contributed by atoms with Crippen LogP contribution in [0.4, 0.5) is 11.4 Å². The summed E-state index contributed by atoms with van der Waals surface area (Å²) >= 11 is 0. The van der Waals surface area contributed by atoms with Crippen molar-refractivity contribution in [3.8, 4) is 0 Å². The maximum atomic E-state index is 11.3. The van der Waals surface area contributed by atoms with E-state index in [9.17, 15) is 14.9 Å². The van der Waals surface area contributed by atoms with Crippen LogP contribution in [0.5, 0.6) is 0 Å². The van der Waals surface area contributed by atoms with Crippen LogP contribution in [0.3, 0.4) is 0 Å². The zero-order valence-electron chi connectivity index (χ0n) is 14.4. The van der Waals surface area contributed by atoms with E-state index in [-0.39, 0.29) is 22.9 Å². The number of carboxylic acid groups (broad SMARTS) is 1. The van der Waals surface area contributed by atoms with E-state index in [4.69, 9.17) is 5.11 Å². The van der Waals surface area contributed by atoms with Crippen molar-refractivity contribution in [1.82, 2.24) is 0 Å². The number of carbonyl (C=O) groups is 1. The van der Waals surface area contributed by atoms with Gasteiger partial charge in [-0.25, -0.2) is 0 Å². The summed E-state index contributed by atoms with van der Waals surface area (Å²) in [6, 6.07) is 12.9. The number of nitrogens with zero attached hydrogens (tertiary/aromatic N) is 1. The van der Waals surface area contributed by atoms with Gasteiger partial charge in [0.25, 0.3) is 5.69 Å². The lowest BCUT2D eigenvalue weighted by Gasteiger charge is -2.11. The third kappa shape index (κ3) is 5.31. The van der Waals surface area contributed by atoms with E-state index in [1.165, 1.54) is 0 Å². The number of aryl methyl sites for hydroxylation is 1. The molecule has 0 unspecified atom stereocenters. The Kier molecular flexibility index (Phi) is 6.11. The summed E-state index contributed by atoms with van der Waals surface area (Å²) in [4.78, 5) is 21.6. The SMILES string of the molecule is CC(C)c1ccc(CNc2cccc(CCC(=O)O)c2)cc1[N+](=O)[O-]. The molecule has 0 saturated heterocycles. The largest absolute Gasteiger partial charge is 0.481 e. The van der Waals surface area contributed by atoms with Crippen molar-refractivity contribution in [2.75, 3.05) is 5.32 Å². The maximum Gasteiger partial charge on any atom is 0.303 e. The Morgan fingerprint density at radius 3 is 2.60 bits per heavy atom. The smallest absolute Gasteiger partial charge is 0.303 e. The lowest BCUT2D eigenvalue weighted by molar-refractivity contribution is -0.385. The molecule has 2 aromatic carbocycles. The highest BCUT2D eigenvalue weighted by Gasteiger charge is 2.16. The predicted octanol–water partition coefficient (Wildman–Crippen LogP) is 4.35. The number of hydrogen-bond acceptors (Lipinski definition) is 4. The van der Waals surface area contributed by atoms with Crippen LogP contribution in [-0.4, -0.2) is 16.0 Å². The van der Waals surface area contributed by atoms with E-state index in [0.29, 0.717) is 13.0 Å². The lowest BCUT2D eigenvalue weighted by atomic mass is 9.99. The molecule has 0 aromatic heterocycles.